The molecule has 1 spiro atoms. The van der Waals surface area contributed by atoms with Gasteiger partial charge in [0.15, 0.2) is 37.6 Å². The zero-order chi connectivity index (χ0) is 67.5. The molecule has 6 saturated heterocycles. The van der Waals surface area contributed by atoms with Gasteiger partial charge in [-0.1, -0.05) is 71.4 Å². The highest BCUT2D eigenvalue weighted by Crippen LogP contribution is 2.61. The molecule has 1 saturated carbocycles. The third-order valence-corrected chi connectivity index (χ3v) is 21.7. The van der Waals surface area contributed by atoms with Crippen molar-refractivity contribution in [1.82, 2.24) is 5.32 Å². The van der Waals surface area contributed by atoms with E-state index in [9.17, 15) is 39.6 Å². The van der Waals surface area contributed by atoms with E-state index >= 15 is 4.79 Å². The summed E-state index contributed by atoms with van der Waals surface area (Å²) in [6.45, 7) is 24.3. The molecule has 0 radical (unpaired) electrons. The molecule has 0 aromatic rings. The number of rotatable bonds is 14. The fraction of sp³-hybridized carbons (Fsp3) is 0.783. The van der Waals surface area contributed by atoms with Gasteiger partial charge < -0.3 is 93.1 Å². The number of Topliss-reactive ketones (excluding diaryl/α,β-unsaturated/α-hetero) is 1. The third kappa shape index (κ3) is 14.4. The van der Waals surface area contributed by atoms with Crippen LogP contribution >= 0.6 is 0 Å². The van der Waals surface area contributed by atoms with Gasteiger partial charge in [0, 0.05) is 72.8 Å². The molecule has 1 amide bonds. The molecular formula is C69H102N2O22. The molecule has 7 fully saturated rings. The zero-order valence-electron chi connectivity index (χ0n) is 56.3. The number of nitrogens with two attached hydrogens (primary N) is 1. The molecule has 4 aliphatic carbocycles. The van der Waals surface area contributed by atoms with Crippen LogP contribution in [0.1, 0.15) is 154 Å². The Labute approximate surface area is 545 Å². The number of ether oxygens (including phenoxy) is 13. The molecule has 6 aliphatic heterocycles. The number of nitrogens with one attached hydrogen (secondary N) is 1. The number of aldehydes is 1. The Kier molecular flexibility index (Phi) is 21.9. The van der Waals surface area contributed by atoms with E-state index in [1.807, 2.05) is 53.7 Å². The maximum absolute atomic E-state index is 15.6. The first-order chi connectivity index (χ1) is 43.9. The van der Waals surface area contributed by atoms with Gasteiger partial charge in [-0.2, -0.15) is 0 Å². The van der Waals surface area contributed by atoms with Crippen molar-refractivity contribution in [2.75, 3.05) is 7.11 Å². The van der Waals surface area contributed by atoms with Gasteiger partial charge in [0.05, 0.1) is 86.2 Å². The first-order valence-corrected chi connectivity index (χ1v) is 33.7. The van der Waals surface area contributed by atoms with E-state index in [1.165, 1.54) is 13.2 Å². The average Bonchev–Trinajstić information content (AvgIpc) is 1.69. The van der Waals surface area contributed by atoms with Crippen LogP contribution < -0.4 is 11.1 Å². The fourth-order valence-corrected chi connectivity index (χ4v) is 16.8. The van der Waals surface area contributed by atoms with Gasteiger partial charge in [-0.3, -0.25) is 14.4 Å². The van der Waals surface area contributed by atoms with Gasteiger partial charge in [-0.15, -0.1) is 0 Å². The van der Waals surface area contributed by atoms with Crippen LogP contribution in [0.15, 0.2) is 58.4 Å². The Morgan fingerprint density at radius 3 is 1.99 bits per heavy atom. The molecule has 3 unspecified atom stereocenters. The first-order valence-electron chi connectivity index (χ1n) is 33.7. The second-order valence-corrected chi connectivity index (χ2v) is 29.1. The van der Waals surface area contributed by atoms with Crippen LogP contribution in [0.4, 0.5) is 4.79 Å². The summed E-state index contributed by atoms with van der Waals surface area (Å²) < 4.78 is 82.6. The van der Waals surface area contributed by atoms with Crippen molar-refractivity contribution in [3.8, 4) is 0 Å². The van der Waals surface area contributed by atoms with Crippen molar-refractivity contribution >= 4 is 30.1 Å². The number of methoxy groups -OCH3 is 1. The monoisotopic (exact) mass is 1310 g/mol. The van der Waals surface area contributed by atoms with Crippen molar-refractivity contribution in [1.29, 1.82) is 0 Å². The quantitative estimate of drug-likeness (QED) is 0.0347. The van der Waals surface area contributed by atoms with Crippen LogP contribution in [-0.4, -0.2) is 192 Å². The number of aliphatic hydroxyl groups excluding tert-OH is 4. The van der Waals surface area contributed by atoms with E-state index in [0.717, 1.165) is 5.57 Å². The minimum Gasteiger partial charge on any atom is -0.511 e. The second-order valence-electron chi connectivity index (χ2n) is 29.1. The standard InChI is InChI=1S/C69H102N2O22/c1-31(2)64(78)92-60-39(10)85-54(27-50(60)89-51-22-20-49(37(8)83-51)88-53-26-47(75)59(38(9)84-53)90-52-21-18-45(73)36(7)82-52)91-58-35(6)23-34(5)57-42(58)16-17-43-32(3)15-19-48(87-55-29-67(12,70)61(40(11)86-55)71-66(80)81-14)33(4)24-44-46(74)25-41(30-72)28-69(44)63(77)56(65(79)93-69)62(76)68(43,57)13/h15-17,24-25,30-31,33-40,42-43,45-55,57-61,73-76H,18-23,26-29,70H2,1-14H3,(H,71,80)/b32-15+,44-24-,62-56-/t33?,34?,35-,36-,37-,38-,39-,40+,42-,43-,45+,46?,47+,48-,49+,50+,51-,52-,53-,54-,55-,57+,58-,59-,60-,61+,67-,68+,69-/m0/s1. The van der Waals surface area contributed by atoms with Crippen LogP contribution in [0.5, 0.6) is 0 Å². The summed E-state index contributed by atoms with van der Waals surface area (Å²) in [6, 6.07) is -0.636. The lowest BCUT2D eigenvalue weighted by molar-refractivity contribution is -0.331. The predicted molar refractivity (Wildman–Crippen MR) is 332 cm³/mol. The SMILES string of the molecule is COC(=O)N[C@@H]1[C@@H](C)O[C@@H](O[C@H]2C/C=C(\C)[C@@H]3C=C[C@@H]4[C@@H](O[C@H]5C[C@@H](O[C@H]6CC[C@@H](O[C@H]7C[C@@H](O)[C@@H](O[C@H]8CC[C@@H](O)[C@H](C)O8)[C@H](C)O7)[C@H](C)O6)[C@@H](OC(=O)C(C)C)[C@H](C)O5)[C@@H](C)CC(C)[C@H]4[C@]3(C)/C(O)=C3/C(=O)O[C@]4(CC(C=O)=CC(O)/C4=C/C2C)C3=O)C[C@]1(C)N. The van der Waals surface area contributed by atoms with E-state index in [0.29, 0.717) is 38.4 Å². The van der Waals surface area contributed by atoms with Crippen molar-refractivity contribution in [3.05, 3.63) is 58.4 Å². The molecule has 29 atom stereocenters. The van der Waals surface area contributed by atoms with Crippen molar-refractivity contribution in [2.45, 2.75) is 288 Å². The number of hydrogen-bond acceptors (Lipinski definition) is 23. The van der Waals surface area contributed by atoms with Gasteiger partial charge in [-0.25, -0.2) is 9.59 Å². The van der Waals surface area contributed by atoms with Gasteiger partial charge in [0.2, 0.25) is 11.4 Å². The van der Waals surface area contributed by atoms with Crippen LogP contribution in [0.25, 0.3) is 0 Å². The summed E-state index contributed by atoms with van der Waals surface area (Å²) in [5, 5.41) is 49.4. The number of aliphatic hydroxyl groups is 4. The van der Waals surface area contributed by atoms with Crippen LogP contribution in [0.3, 0.4) is 0 Å². The van der Waals surface area contributed by atoms with E-state index in [2.05, 4.69) is 25.2 Å². The Morgan fingerprint density at radius 2 is 1.33 bits per heavy atom. The zero-order valence-corrected chi connectivity index (χ0v) is 56.3. The molecule has 520 valence electrons. The first kappa shape index (κ1) is 71.3. The summed E-state index contributed by atoms with van der Waals surface area (Å²) in [6.07, 6.45) is -1.72. The van der Waals surface area contributed by atoms with Crippen molar-refractivity contribution in [2.24, 2.45) is 52.6 Å². The highest BCUT2D eigenvalue weighted by molar-refractivity contribution is 6.27. The minimum atomic E-state index is -2.19. The molecule has 10 rings (SSSR count). The van der Waals surface area contributed by atoms with Gasteiger partial charge in [0.25, 0.3) is 0 Å². The number of carbonyl (C=O) groups excluding carboxylic acids is 5. The molecule has 0 aromatic heterocycles. The summed E-state index contributed by atoms with van der Waals surface area (Å²) >= 11 is 0. The molecule has 10 aliphatic rings. The Balaban J connectivity index is 0.906. The number of allylic oxidation sites excluding steroid dienone is 3. The maximum Gasteiger partial charge on any atom is 0.407 e. The van der Waals surface area contributed by atoms with Gasteiger partial charge in [0.1, 0.15) is 29.8 Å². The lowest BCUT2D eigenvalue weighted by Crippen LogP contribution is -2.66. The molecule has 2 bridgehead atoms. The van der Waals surface area contributed by atoms with Crippen molar-refractivity contribution < 1.29 is 106 Å². The van der Waals surface area contributed by atoms with E-state index < -0.39 is 204 Å². The highest BCUT2D eigenvalue weighted by Gasteiger charge is 2.64. The van der Waals surface area contributed by atoms with E-state index in [-0.39, 0.29) is 55.1 Å². The normalized spacial score (nSPS) is 48.3. The number of ketones is 1. The summed E-state index contributed by atoms with van der Waals surface area (Å²) in [5.41, 5.74) is 2.58. The maximum atomic E-state index is 15.6. The van der Waals surface area contributed by atoms with Gasteiger partial charge >= 0.3 is 18.0 Å². The average molecular weight is 1310 g/mol. The van der Waals surface area contributed by atoms with Crippen LogP contribution in [-0.2, 0) is 80.8 Å². The molecular weight excluding hydrogens is 1210 g/mol. The molecule has 93 heavy (non-hydrogen) atoms. The molecule has 24 nitrogen and oxygen atoms in total. The lowest BCUT2D eigenvalue weighted by Gasteiger charge is -2.56. The van der Waals surface area contributed by atoms with Crippen molar-refractivity contribution in [3.63, 3.8) is 0 Å². The Bertz CT molecular complexity index is 2900. The van der Waals surface area contributed by atoms with Crippen LogP contribution in [0.2, 0.25) is 0 Å². The Morgan fingerprint density at radius 1 is 0.710 bits per heavy atom. The number of fused-ring (bicyclic) bond motifs is 4. The molecule has 7 N–H and O–H groups in total. The summed E-state index contributed by atoms with van der Waals surface area (Å²) in [4.78, 5) is 68.7. The van der Waals surface area contributed by atoms with E-state index in [4.69, 9.17) is 67.3 Å². The molecule has 24 heteroatoms. The molecule has 0 aromatic carbocycles. The third-order valence-electron chi connectivity index (χ3n) is 21.7. The number of carbonyl (C=O) groups is 5. The Hall–Kier alpha value is -4.51. The smallest absolute Gasteiger partial charge is 0.407 e. The topological polar surface area (TPSA) is 324 Å². The summed E-state index contributed by atoms with van der Waals surface area (Å²) in [5.74, 6) is -5.75. The lowest BCUT2D eigenvalue weighted by atomic mass is 9.49. The number of amides is 1. The summed E-state index contributed by atoms with van der Waals surface area (Å²) in [7, 11) is 1.26. The number of alkyl carbamates (subject to hydrolysis) is 1. The van der Waals surface area contributed by atoms with E-state index in [1.54, 1.807) is 40.7 Å². The number of hydrogen-bond donors (Lipinski definition) is 6. The molecule has 6 heterocycles. The predicted octanol–water partition coefficient (Wildman–Crippen LogP) is 6.68. The van der Waals surface area contributed by atoms with Crippen LogP contribution in [0, 0.1) is 46.8 Å². The highest BCUT2D eigenvalue weighted by atomic mass is 16.8. The largest absolute Gasteiger partial charge is 0.511 e. The van der Waals surface area contributed by atoms with Gasteiger partial charge in [-0.05, 0) is 104 Å². The minimum absolute atomic E-state index is 0.0228. The fourth-order valence-electron chi connectivity index (χ4n) is 16.8. The number of esters is 2. The second kappa shape index (κ2) is 28.5.